The second-order valence-electron chi connectivity index (χ2n) is 3.13. The van der Waals surface area contributed by atoms with Gasteiger partial charge in [-0.05, 0) is 17.7 Å². The minimum absolute atomic E-state index is 0.568. The number of hydrogen-bond acceptors (Lipinski definition) is 1. The lowest BCUT2D eigenvalue weighted by atomic mass is 10.2. The summed E-state index contributed by atoms with van der Waals surface area (Å²) in [6, 6.07) is 5.86. The van der Waals surface area contributed by atoms with Crippen molar-refractivity contribution in [1.82, 2.24) is 4.57 Å². The Morgan fingerprint density at radius 1 is 1.46 bits per heavy atom. The topological polar surface area (TPSA) is 30.9 Å². The summed E-state index contributed by atoms with van der Waals surface area (Å²) in [6.07, 6.45) is 2.04. The van der Waals surface area contributed by atoms with Crippen LogP contribution in [0.4, 0.5) is 0 Å². The van der Waals surface area contributed by atoms with Crippen molar-refractivity contribution in [3.63, 3.8) is 0 Å². The van der Waals surface area contributed by atoms with Crippen LogP contribution >= 0.6 is 11.6 Å². The van der Waals surface area contributed by atoms with Crippen LogP contribution in [0.15, 0.2) is 24.4 Å². The summed E-state index contributed by atoms with van der Waals surface area (Å²) in [4.78, 5) is 0. The second-order valence-corrected chi connectivity index (χ2v) is 3.57. The SMILES string of the molecule is Cn1cc(CN)c2ccc(Cl)cc21. The smallest absolute Gasteiger partial charge is 0.0495 e. The molecule has 0 spiro atoms. The van der Waals surface area contributed by atoms with Crippen LogP contribution in [0.5, 0.6) is 0 Å². The third-order valence-electron chi connectivity index (χ3n) is 2.26. The van der Waals surface area contributed by atoms with E-state index in [9.17, 15) is 0 Å². The number of nitrogens with zero attached hydrogens (tertiary/aromatic N) is 1. The number of nitrogens with two attached hydrogens (primary N) is 1. The molecule has 1 aromatic heterocycles. The van der Waals surface area contributed by atoms with Gasteiger partial charge >= 0.3 is 0 Å². The molecule has 0 fully saturated rings. The third kappa shape index (κ3) is 1.32. The molecule has 0 saturated carbocycles. The number of benzene rings is 1. The zero-order valence-corrected chi connectivity index (χ0v) is 8.17. The summed E-state index contributed by atoms with van der Waals surface area (Å²) in [5.74, 6) is 0. The number of hydrogen-bond donors (Lipinski definition) is 1. The maximum absolute atomic E-state index is 5.90. The monoisotopic (exact) mass is 194 g/mol. The molecule has 68 valence electrons. The van der Waals surface area contributed by atoms with Crippen molar-refractivity contribution in [3.05, 3.63) is 35.0 Å². The van der Waals surface area contributed by atoms with Crippen LogP contribution in [0.2, 0.25) is 5.02 Å². The summed E-state index contributed by atoms with van der Waals surface area (Å²) in [5, 5.41) is 1.95. The average molecular weight is 195 g/mol. The third-order valence-corrected chi connectivity index (χ3v) is 2.49. The van der Waals surface area contributed by atoms with Gasteiger partial charge in [0, 0.05) is 35.7 Å². The molecule has 2 rings (SSSR count). The Bertz CT molecular complexity index is 445. The van der Waals surface area contributed by atoms with Crippen LogP contribution in [0, 0.1) is 0 Å². The molecule has 0 aliphatic carbocycles. The van der Waals surface area contributed by atoms with Gasteiger partial charge in [0.05, 0.1) is 0 Å². The highest BCUT2D eigenvalue weighted by molar-refractivity contribution is 6.31. The van der Waals surface area contributed by atoms with Crippen molar-refractivity contribution in [2.45, 2.75) is 6.54 Å². The highest BCUT2D eigenvalue weighted by atomic mass is 35.5. The molecule has 13 heavy (non-hydrogen) atoms. The van der Waals surface area contributed by atoms with E-state index in [2.05, 4.69) is 0 Å². The molecule has 0 atom stereocenters. The maximum atomic E-state index is 5.90. The van der Waals surface area contributed by atoms with Gasteiger partial charge in [-0.3, -0.25) is 0 Å². The molecule has 0 saturated heterocycles. The standard InChI is InChI=1S/C10H11ClN2/c1-13-6-7(5-12)9-3-2-8(11)4-10(9)13/h2-4,6H,5,12H2,1H3. The maximum Gasteiger partial charge on any atom is 0.0495 e. The number of aryl methyl sites for hydroxylation is 1. The highest BCUT2D eigenvalue weighted by Gasteiger charge is 2.04. The zero-order valence-electron chi connectivity index (χ0n) is 7.42. The van der Waals surface area contributed by atoms with Gasteiger partial charge in [0.2, 0.25) is 0 Å². The molecule has 0 bridgehead atoms. The normalized spacial score (nSPS) is 11.0. The molecular formula is C10H11ClN2. The molecular weight excluding hydrogens is 184 g/mol. The Balaban J connectivity index is 2.80. The highest BCUT2D eigenvalue weighted by Crippen LogP contribution is 2.23. The molecule has 2 N–H and O–H groups in total. The Kier molecular flexibility index (Phi) is 2.02. The van der Waals surface area contributed by atoms with Gasteiger partial charge in [-0.2, -0.15) is 0 Å². The van der Waals surface area contributed by atoms with Crippen LogP contribution in [0.25, 0.3) is 10.9 Å². The van der Waals surface area contributed by atoms with Crippen LogP contribution < -0.4 is 5.73 Å². The Labute approximate surface area is 81.9 Å². The summed E-state index contributed by atoms with van der Waals surface area (Å²) in [7, 11) is 2.00. The fraction of sp³-hybridized carbons (Fsp3) is 0.200. The minimum Gasteiger partial charge on any atom is -0.350 e. The molecule has 1 heterocycles. The van der Waals surface area contributed by atoms with Crippen LogP contribution in [0.3, 0.4) is 0 Å². The predicted octanol–water partition coefficient (Wildman–Crippen LogP) is 2.29. The van der Waals surface area contributed by atoms with Crippen molar-refractivity contribution in [2.24, 2.45) is 12.8 Å². The van der Waals surface area contributed by atoms with Gasteiger partial charge in [0.25, 0.3) is 0 Å². The fourth-order valence-corrected chi connectivity index (χ4v) is 1.77. The van der Waals surface area contributed by atoms with Gasteiger partial charge in [-0.25, -0.2) is 0 Å². The van der Waals surface area contributed by atoms with Crippen molar-refractivity contribution in [3.8, 4) is 0 Å². The number of aromatic nitrogens is 1. The van der Waals surface area contributed by atoms with E-state index in [-0.39, 0.29) is 0 Å². The van der Waals surface area contributed by atoms with Gasteiger partial charge < -0.3 is 10.3 Å². The van der Waals surface area contributed by atoms with E-state index in [4.69, 9.17) is 17.3 Å². The summed E-state index contributed by atoms with van der Waals surface area (Å²) < 4.78 is 2.05. The van der Waals surface area contributed by atoms with E-state index in [1.54, 1.807) is 0 Å². The van der Waals surface area contributed by atoms with Gasteiger partial charge in [0.1, 0.15) is 0 Å². The van der Waals surface area contributed by atoms with Gasteiger partial charge in [0.15, 0.2) is 0 Å². The minimum atomic E-state index is 0.568. The largest absolute Gasteiger partial charge is 0.350 e. The van der Waals surface area contributed by atoms with E-state index in [0.29, 0.717) is 6.54 Å². The second kappa shape index (κ2) is 3.05. The first kappa shape index (κ1) is 8.60. The van der Waals surface area contributed by atoms with E-state index < -0.39 is 0 Å². The molecule has 0 unspecified atom stereocenters. The molecule has 0 aliphatic heterocycles. The van der Waals surface area contributed by atoms with E-state index in [1.807, 2.05) is 36.0 Å². The lowest BCUT2D eigenvalue weighted by molar-refractivity contribution is 0.949. The fourth-order valence-electron chi connectivity index (χ4n) is 1.60. The number of rotatable bonds is 1. The molecule has 2 aromatic rings. The summed E-state index contributed by atoms with van der Waals surface area (Å²) in [5.41, 5.74) is 7.91. The quantitative estimate of drug-likeness (QED) is 0.742. The van der Waals surface area contributed by atoms with Crippen molar-refractivity contribution in [1.29, 1.82) is 0 Å². The Morgan fingerprint density at radius 3 is 2.92 bits per heavy atom. The lowest BCUT2D eigenvalue weighted by Crippen LogP contribution is -1.94. The first-order chi connectivity index (χ1) is 6.22. The molecule has 0 radical (unpaired) electrons. The summed E-state index contributed by atoms with van der Waals surface area (Å²) in [6.45, 7) is 0.568. The van der Waals surface area contributed by atoms with E-state index in [1.165, 1.54) is 5.39 Å². The van der Waals surface area contributed by atoms with Crippen molar-refractivity contribution >= 4 is 22.5 Å². The lowest BCUT2D eigenvalue weighted by Gasteiger charge is -1.96. The molecule has 3 heteroatoms. The van der Waals surface area contributed by atoms with Crippen LogP contribution in [-0.4, -0.2) is 4.57 Å². The molecule has 0 amide bonds. The number of fused-ring (bicyclic) bond motifs is 1. The van der Waals surface area contributed by atoms with Crippen LogP contribution in [0.1, 0.15) is 5.56 Å². The summed E-state index contributed by atoms with van der Waals surface area (Å²) >= 11 is 5.90. The van der Waals surface area contributed by atoms with Crippen molar-refractivity contribution in [2.75, 3.05) is 0 Å². The zero-order chi connectivity index (χ0) is 9.42. The number of halogens is 1. The van der Waals surface area contributed by atoms with Crippen molar-refractivity contribution < 1.29 is 0 Å². The molecule has 2 nitrogen and oxygen atoms in total. The Morgan fingerprint density at radius 2 is 2.23 bits per heavy atom. The predicted molar refractivity (Wildman–Crippen MR) is 55.8 cm³/mol. The average Bonchev–Trinajstić information content (AvgIpc) is 2.43. The van der Waals surface area contributed by atoms with Gasteiger partial charge in [-0.15, -0.1) is 0 Å². The van der Waals surface area contributed by atoms with E-state index in [0.717, 1.165) is 16.1 Å². The van der Waals surface area contributed by atoms with Crippen LogP contribution in [-0.2, 0) is 13.6 Å². The first-order valence-electron chi connectivity index (χ1n) is 4.16. The Hall–Kier alpha value is -0.990. The van der Waals surface area contributed by atoms with Gasteiger partial charge in [-0.1, -0.05) is 17.7 Å². The van der Waals surface area contributed by atoms with E-state index >= 15 is 0 Å². The molecule has 0 aliphatic rings. The first-order valence-corrected chi connectivity index (χ1v) is 4.53. The molecule has 1 aromatic carbocycles.